The van der Waals surface area contributed by atoms with Crippen molar-refractivity contribution in [2.75, 3.05) is 30.1 Å². The number of rotatable bonds is 10. The van der Waals surface area contributed by atoms with Crippen molar-refractivity contribution in [3.63, 3.8) is 0 Å². The third-order valence-electron chi connectivity index (χ3n) is 6.38. The summed E-state index contributed by atoms with van der Waals surface area (Å²) in [5.41, 5.74) is 3.08. The summed E-state index contributed by atoms with van der Waals surface area (Å²) < 4.78 is 53.0. The van der Waals surface area contributed by atoms with Crippen LogP contribution in [0, 0.1) is 0 Å². The second kappa shape index (κ2) is 12.4. The minimum atomic E-state index is -4.64. The van der Waals surface area contributed by atoms with Gasteiger partial charge in [-0.2, -0.15) is 18.2 Å². The Hall–Kier alpha value is -4.47. The molecule has 4 rings (SSSR count). The van der Waals surface area contributed by atoms with E-state index in [2.05, 4.69) is 46.7 Å². The Kier molecular flexibility index (Phi) is 8.90. The molecule has 0 aliphatic rings. The molecule has 0 radical (unpaired) electrons. The molecule has 0 spiro atoms. The van der Waals surface area contributed by atoms with Gasteiger partial charge in [-0.05, 0) is 40.3 Å². The summed E-state index contributed by atoms with van der Waals surface area (Å²) in [5.74, 6) is 0.654. The third kappa shape index (κ3) is 7.39. The van der Waals surface area contributed by atoms with Crippen LogP contribution in [0.15, 0.2) is 72.9 Å². The standard InChI is InChI=1S/C31H34F3N5O2/c1-30(2,3)27-21(12-9-13-25(27)35-4)17-36-28-23(31(32,33)34)18-37-29(39-28)38-24-15-14-22(16-26(24)40-5)41-19-20-10-7-6-8-11-20/h6-16,18,35H,17,19H2,1-5H3,(H2,36,37,38,39). The van der Waals surface area contributed by atoms with Gasteiger partial charge in [-0.25, -0.2) is 4.98 Å². The maximum Gasteiger partial charge on any atom is 0.421 e. The lowest BCUT2D eigenvalue weighted by molar-refractivity contribution is -0.137. The molecule has 1 aromatic heterocycles. The number of benzene rings is 3. The van der Waals surface area contributed by atoms with Crippen LogP contribution in [0.4, 0.5) is 36.3 Å². The zero-order valence-corrected chi connectivity index (χ0v) is 23.7. The summed E-state index contributed by atoms with van der Waals surface area (Å²) in [6, 6.07) is 20.6. The fourth-order valence-corrected chi connectivity index (χ4v) is 4.53. The number of nitrogens with one attached hydrogen (secondary N) is 3. The summed E-state index contributed by atoms with van der Waals surface area (Å²) in [6.45, 7) is 6.70. The molecule has 216 valence electrons. The first kappa shape index (κ1) is 29.5. The monoisotopic (exact) mass is 565 g/mol. The van der Waals surface area contributed by atoms with Crippen LogP contribution in [0.5, 0.6) is 11.5 Å². The summed E-state index contributed by atoms with van der Waals surface area (Å²) in [5, 5.41) is 9.06. The number of aromatic nitrogens is 2. The van der Waals surface area contributed by atoms with Gasteiger partial charge in [0, 0.05) is 31.5 Å². The molecular formula is C31H34F3N5O2. The van der Waals surface area contributed by atoms with Gasteiger partial charge in [0.2, 0.25) is 5.95 Å². The molecule has 0 aliphatic carbocycles. The lowest BCUT2D eigenvalue weighted by atomic mass is 9.82. The van der Waals surface area contributed by atoms with E-state index in [1.807, 2.05) is 55.6 Å². The molecule has 3 N–H and O–H groups in total. The van der Waals surface area contributed by atoms with Crippen LogP contribution in [-0.2, 0) is 24.7 Å². The number of halogens is 3. The maximum atomic E-state index is 13.9. The van der Waals surface area contributed by atoms with Crippen LogP contribution < -0.4 is 25.4 Å². The molecule has 41 heavy (non-hydrogen) atoms. The Morgan fingerprint density at radius 1 is 0.902 bits per heavy atom. The topological polar surface area (TPSA) is 80.3 Å². The number of anilines is 4. The molecule has 10 heteroatoms. The van der Waals surface area contributed by atoms with Crippen molar-refractivity contribution in [2.45, 2.75) is 45.5 Å². The molecule has 1 heterocycles. The van der Waals surface area contributed by atoms with Crippen LogP contribution in [0.3, 0.4) is 0 Å². The molecule has 3 aromatic carbocycles. The molecule has 0 amide bonds. The molecule has 0 unspecified atom stereocenters. The zero-order valence-electron chi connectivity index (χ0n) is 23.7. The molecule has 7 nitrogen and oxygen atoms in total. The van der Waals surface area contributed by atoms with Crippen LogP contribution in [0.1, 0.15) is 43.0 Å². The predicted octanol–water partition coefficient (Wildman–Crippen LogP) is 7.78. The highest BCUT2D eigenvalue weighted by Gasteiger charge is 2.35. The molecule has 0 atom stereocenters. The number of methoxy groups -OCH3 is 1. The first-order valence-electron chi connectivity index (χ1n) is 13.1. The van der Waals surface area contributed by atoms with Gasteiger partial charge < -0.3 is 25.4 Å². The summed E-state index contributed by atoms with van der Waals surface area (Å²) in [7, 11) is 3.32. The Bertz CT molecular complexity index is 1470. The average Bonchev–Trinajstić information content (AvgIpc) is 2.94. The number of alkyl halides is 3. The van der Waals surface area contributed by atoms with Gasteiger partial charge in [0.25, 0.3) is 0 Å². The second-order valence-corrected chi connectivity index (χ2v) is 10.4. The minimum absolute atomic E-state index is 0.0169. The van der Waals surface area contributed by atoms with E-state index < -0.39 is 11.7 Å². The zero-order chi connectivity index (χ0) is 29.6. The van der Waals surface area contributed by atoms with E-state index in [4.69, 9.17) is 9.47 Å². The van der Waals surface area contributed by atoms with Crippen molar-refractivity contribution in [1.29, 1.82) is 0 Å². The summed E-state index contributed by atoms with van der Waals surface area (Å²) in [6.07, 6.45) is -3.87. The van der Waals surface area contributed by atoms with E-state index in [0.717, 1.165) is 28.6 Å². The van der Waals surface area contributed by atoms with E-state index in [-0.39, 0.29) is 23.7 Å². The Labute approximate surface area is 238 Å². The average molecular weight is 566 g/mol. The molecular weight excluding hydrogens is 531 g/mol. The summed E-state index contributed by atoms with van der Waals surface area (Å²) >= 11 is 0. The summed E-state index contributed by atoms with van der Waals surface area (Å²) in [4.78, 5) is 8.14. The van der Waals surface area contributed by atoms with Crippen LogP contribution >= 0.6 is 0 Å². The number of ether oxygens (including phenoxy) is 2. The lowest BCUT2D eigenvalue weighted by Gasteiger charge is -2.27. The van der Waals surface area contributed by atoms with E-state index in [1.165, 1.54) is 7.11 Å². The maximum absolute atomic E-state index is 13.9. The van der Waals surface area contributed by atoms with Crippen molar-refractivity contribution >= 4 is 23.1 Å². The van der Waals surface area contributed by atoms with Gasteiger partial charge in [0.1, 0.15) is 29.5 Å². The van der Waals surface area contributed by atoms with E-state index in [1.54, 1.807) is 18.2 Å². The first-order chi connectivity index (χ1) is 19.5. The second-order valence-electron chi connectivity index (χ2n) is 10.4. The third-order valence-corrected chi connectivity index (χ3v) is 6.38. The van der Waals surface area contributed by atoms with E-state index in [9.17, 15) is 13.2 Å². The highest BCUT2D eigenvalue weighted by Crippen LogP contribution is 2.37. The van der Waals surface area contributed by atoms with Crippen molar-refractivity contribution in [2.24, 2.45) is 0 Å². The fourth-order valence-electron chi connectivity index (χ4n) is 4.53. The molecule has 0 saturated carbocycles. The van der Waals surface area contributed by atoms with Gasteiger partial charge in [-0.1, -0.05) is 63.2 Å². The fraction of sp³-hybridized carbons (Fsp3) is 0.290. The highest BCUT2D eigenvalue weighted by atomic mass is 19.4. The van der Waals surface area contributed by atoms with Crippen molar-refractivity contribution in [3.8, 4) is 11.5 Å². The number of hydrogen-bond acceptors (Lipinski definition) is 7. The van der Waals surface area contributed by atoms with Crippen molar-refractivity contribution < 1.29 is 22.6 Å². The number of nitrogens with zero attached hydrogens (tertiary/aromatic N) is 2. The molecule has 0 saturated heterocycles. The van der Waals surface area contributed by atoms with Gasteiger partial charge in [-0.15, -0.1) is 0 Å². The van der Waals surface area contributed by atoms with Gasteiger partial charge in [-0.3, -0.25) is 0 Å². The minimum Gasteiger partial charge on any atom is -0.494 e. The Morgan fingerprint density at radius 3 is 2.32 bits per heavy atom. The Morgan fingerprint density at radius 2 is 1.66 bits per heavy atom. The first-order valence-corrected chi connectivity index (χ1v) is 13.1. The van der Waals surface area contributed by atoms with Crippen LogP contribution in [0.2, 0.25) is 0 Å². The van der Waals surface area contributed by atoms with E-state index in [0.29, 0.717) is 23.8 Å². The Balaban J connectivity index is 1.58. The van der Waals surface area contributed by atoms with E-state index >= 15 is 0 Å². The molecule has 0 aliphatic heterocycles. The predicted molar refractivity (Wildman–Crippen MR) is 156 cm³/mol. The largest absolute Gasteiger partial charge is 0.494 e. The van der Waals surface area contributed by atoms with Crippen molar-refractivity contribution in [1.82, 2.24) is 9.97 Å². The smallest absolute Gasteiger partial charge is 0.421 e. The quantitative estimate of drug-likeness (QED) is 0.181. The number of hydrogen-bond donors (Lipinski definition) is 3. The highest BCUT2D eigenvalue weighted by molar-refractivity contribution is 5.65. The molecule has 0 fully saturated rings. The SMILES string of the molecule is CNc1cccc(CNc2nc(Nc3ccc(OCc4ccccc4)cc3OC)ncc2C(F)(F)F)c1C(C)(C)C. The molecule has 4 aromatic rings. The van der Waals surface area contributed by atoms with Gasteiger partial charge >= 0.3 is 6.18 Å². The van der Waals surface area contributed by atoms with Crippen LogP contribution in [0.25, 0.3) is 0 Å². The molecule has 0 bridgehead atoms. The van der Waals surface area contributed by atoms with Gasteiger partial charge in [0.15, 0.2) is 0 Å². The lowest BCUT2D eigenvalue weighted by Crippen LogP contribution is -2.19. The van der Waals surface area contributed by atoms with Crippen molar-refractivity contribution in [3.05, 3.63) is 95.2 Å². The normalized spacial score (nSPS) is 11.6. The van der Waals surface area contributed by atoms with Crippen LogP contribution in [-0.4, -0.2) is 24.1 Å². The van der Waals surface area contributed by atoms with Gasteiger partial charge in [0.05, 0.1) is 12.8 Å².